The summed E-state index contributed by atoms with van der Waals surface area (Å²) in [6.07, 6.45) is 3.44. The Morgan fingerprint density at radius 2 is 2.12 bits per heavy atom. The number of nitrogens with zero attached hydrogens (tertiary/aromatic N) is 4. The first-order valence-corrected chi connectivity index (χ1v) is 8.09. The maximum Gasteiger partial charge on any atom is 0.269 e. The molecule has 1 N–H and O–H groups in total. The summed E-state index contributed by atoms with van der Waals surface area (Å²) in [5, 5.41) is 11.8. The van der Waals surface area contributed by atoms with Gasteiger partial charge in [-0.3, -0.25) is 9.48 Å². The molecule has 1 aromatic carbocycles. The molecule has 0 aliphatic carbocycles. The van der Waals surface area contributed by atoms with Crippen molar-refractivity contribution in [3.63, 3.8) is 0 Å². The fraction of sp³-hybridized carbons (Fsp3) is 0.235. The molecule has 130 valence electrons. The second-order valence-electron chi connectivity index (χ2n) is 5.52. The highest BCUT2D eigenvalue weighted by Gasteiger charge is 2.13. The van der Waals surface area contributed by atoms with Gasteiger partial charge in [-0.2, -0.15) is 10.2 Å². The normalized spacial score (nSPS) is 10.7. The predicted molar refractivity (Wildman–Crippen MR) is 93.4 cm³/mol. The molecule has 0 radical (unpaired) electrons. The first kappa shape index (κ1) is 17.0. The number of aromatic nitrogens is 4. The monoisotopic (exact) mass is 359 g/mol. The van der Waals surface area contributed by atoms with Gasteiger partial charge in [0.05, 0.1) is 10.7 Å². The molecular weight excluding hydrogens is 342 g/mol. The van der Waals surface area contributed by atoms with Crippen LogP contribution in [0.1, 0.15) is 21.7 Å². The fourth-order valence-electron chi connectivity index (χ4n) is 2.41. The number of benzene rings is 1. The molecule has 0 aliphatic rings. The molecule has 0 fully saturated rings. The maximum absolute atomic E-state index is 12.4. The SMILES string of the molecule is Cc1nn(C)cc1CNC(=O)c1ccnn1COc1ccccc1Cl. The van der Waals surface area contributed by atoms with Gasteiger partial charge in [0.2, 0.25) is 0 Å². The van der Waals surface area contributed by atoms with E-state index >= 15 is 0 Å². The van der Waals surface area contributed by atoms with Gasteiger partial charge in [-0.05, 0) is 25.1 Å². The summed E-state index contributed by atoms with van der Waals surface area (Å²) in [5.74, 6) is 0.306. The third-order valence-corrected chi connectivity index (χ3v) is 3.99. The summed E-state index contributed by atoms with van der Waals surface area (Å²) in [4.78, 5) is 12.4. The molecule has 0 saturated heterocycles. The van der Waals surface area contributed by atoms with Crippen molar-refractivity contribution < 1.29 is 9.53 Å². The highest BCUT2D eigenvalue weighted by Crippen LogP contribution is 2.23. The Bertz CT molecular complexity index is 887. The topological polar surface area (TPSA) is 74.0 Å². The Hall–Kier alpha value is -2.80. The lowest BCUT2D eigenvalue weighted by atomic mass is 10.2. The fourth-order valence-corrected chi connectivity index (χ4v) is 2.60. The number of halogens is 1. The van der Waals surface area contributed by atoms with Gasteiger partial charge in [-0.25, -0.2) is 4.68 Å². The van der Waals surface area contributed by atoms with E-state index < -0.39 is 0 Å². The average molecular weight is 360 g/mol. The van der Waals surface area contributed by atoms with Crippen molar-refractivity contribution in [1.82, 2.24) is 24.9 Å². The molecule has 8 heteroatoms. The summed E-state index contributed by atoms with van der Waals surface area (Å²) in [6, 6.07) is 8.79. The van der Waals surface area contributed by atoms with Crippen LogP contribution < -0.4 is 10.1 Å². The molecule has 0 atom stereocenters. The first-order chi connectivity index (χ1) is 12.0. The minimum atomic E-state index is -0.233. The number of carbonyl (C=O) groups excluding carboxylic acids is 1. The van der Waals surface area contributed by atoms with E-state index in [1.54, 1.807) is 29.1 Å². The van der Waals surface area contributed by atoms with Crippen molar-refractivity contribution in [3.8, 4) is 5.75 Å². The van der Waals surface area contributed by atoms with Gasteiger partial charge in [0.15, 0.2) is 6.73 Å². The maximum atomic E-state index is 12.4. The lowest BCUT2D eigenvalue weighted by Gasteiger charge is -2.10. The lowest BCUT2D eigenvalue weighted by Crippen LogP contribution is -2.26. The summed E-state index contributed by atoms with van der Waals surface area (Å²) >= 11 is 6.06. The molecule has 2 heterocycles. The van der Waals surface area contributed by atoms with Gasteiger partial charge in [0.25, 0.3) is 5.91 Å². The Morgan fingerprint density at radius 1 is 1.32 bits per heavy atom. The standard InChI is InChI=1S/C17H18ClN5O2/c1-12-13(10-22(2)21-12)9-19-17(24)15-7-8-20-23(15)11-25-16-6-4-3-5-14(16)18/h3-8,10H,9,11H2,1-2H3,(H,19,24). The number of rotatable bonds is 6. The van der Waals surface area contributed by atoms with E-state index in [1.165, 1.54) is 4.68 Å². The Balaban J connectivity index is 1.63. The molecule has 0 bridgehead atoms. The zero-order valence-corrected chi connectivity index (χ0v) is 14.7. The van der Waals surface area contributed by atoms with Crippen molar-refractivity contribution >= 4 is 17.5 Å². The molecule has 2 aromatic heterocycles. The van der Waals surface area contributed by atoms with E-state index in [0.717, 1.165) is 11.3 Å². The number of aryl methyl sites for hydroxylation is 2. The Labute approximate surface area is 150 Å². The van der Waals surface area contributed by atoms with Crippen molar-refractivity contribution in [2.75, 3.05) is 0 Å². The third kappa shape index (κ3) is 4.00. The van der Waals surface area contributed by atoms with Gasteiger partial charge in [-0.1, -0.05) is 23.7 Å². The third-order valence-electron chi connectivity index (χ3n) is 3.68. The van der Waals surface area contributed by atoms with Gasteiger partial charge in [0.1, 0.15) is 11.4 Å². The molecule has 0 saturated carbocycles. The van der Waals surface area contributed by atoms with E-state index in [9.17, 15) is 4.79 Å². The smallest absolute Gasteiger partial charge is 0.269 e. The first-order valence-electron chi connectivity index (χ1n) is 7.71. The number of amides is 1. The van der Waals surface area contributed by atoms with Gasteiger partial charge in [-0.15, -0.1) is 0 Å². The van der Waals surface area contributed by atoms with Crippen LogP contribution in [0.25, 0.3) is 0 Å². The molecule has 3 aromatic rings. The number of para-hydroxylation sites is 1. The molecule has 0 aliphatic heterocycles. The van der Waals surface area contributed by atoms with Crippen LogP contribution in [0.2, 0.25) is 5.02 Å². The number of hydrogen-bond donors (Lipinski definition) is 1. The lowest BCUT2D eigenvalue weighted by molar-refractivity contribution is 0.0929. The van der Waals surface area contributed by atoms with Gasteiger partial charge >= 0.3 is 0 Å². The zero-order chi connectivity index (χ0) is 17.8. The van der Waals surface area contributed by atoms with Crippen LogP contribution in [0.5, 0.6) is 5.75 Å². The highest BCUT2D eigenvalue weighted by molar-refractivity contribution is 6.32. The van der Waals surface area contributed by atoms with Crippen molar-refractivity contribution in [2.45, 2.75) is 20.2 Å². The van der Waals surface area contributed by atoms with Crippen LogP contribution in [0, 0.1) is 6.92 Å². The molecule has 7 nitrogen and oxygen atoms in total. The van der Waals surface area contributed by atoms with Crippen LogP contribution in [-0.4, -0.2) is 25.5 Å². The van der Waals surface area contributed by atoms with E-state index in [4.69, 9.17) is 16.3 Å². The van der Waals surface area contributed by atoms with E-state index in [-0.39, 0.29) is 12.6 Å². The highest BCUT2D eigenvalue weighted by atomic mass is 35.5. The van der Waals surface area contributed by atoms with Crippen LogP contribution >= 0.6 is 11.6 Å². The number of carbonyl (C=O) groups is 1. The van der Waals surface area contributed by atoms with Crippen molar-refractivity contribution in [1.29, 1.82) is 0 Å². The summed E-state index contributed by atoms with van der Waals surface area (Å²) < 4.78 is 8.83. The molecule has 0 spiro atoms. The average Bonchev–Trinajstić information content (AvgIpc) is 3.18. The predicted octanol–water partition coefficient (Wildman–Crippen LogP) is 2.54. The second kappa shape index (κ2) is 7.40. The molecule has 25 heavy (non-hydrogen) atoms. The summed E-state index contributed by atoms with van der Waals surface area (Å²) in [5.41, 5.74) is 2.26. The van der Waals surface area contributed by atoms with E-state index in [2.05, 4.69) is 15.5 Å². The summed E-state index contributed by atoms with van der Waals surface area (Å²) in [7, 11) is 1.85. The molecule has 1 amide bonds. The minimum absolute atomic E-state index is 0.0887. The number of nitrogens with one attached hydrogen (secondary N) is 1. The Morgan fingerprint density at radius 3 is 2.84 bits per heavy atom. The zero-order valence-electron chi connectivity index (χ0n) is 13.9. The summed E-state index contributed by atoms with van der Waals surface area (Å²) in [6.45, 7) is 2.39. The second-order valence-corrected chi connectivity index (χ2v) is 5.92. The van der Waals surface area contributed by atoms with Crippen LogP contribution in [0.4, 0.5) is 0 Å². The van der Waals surface area contributed by atoms with Crippen molar-refractivity contribution in [3.05, 3.63) is 64.7 Å². The quantitative estimate of drug-likeness (QED) is 0.734. The van der Waals surface area contributed by atoms with Gasteiger partial charge in [0, 0.05) is 31.5 Å². The minimum Gasteiger partial charge on any atom is -0.470 e. The Kier molecular flexibility index (Phi) is 5.04. The van der Waals surface area contributed by atoms with E-state index in [1.807, 2.05) is 32.3 Å². The van der Waals surface area contributed by atoms with Gasteiger partial charge < -0.3 is 10.1 Å². The largest absolute Gasteiger partial charge is 0.470 e. The molecule has 0 unspecified atom stereocenters. The number of ether oxygens (including phenoxy) is 1. The van der Waals surface area contributed by atoms with Crippen LogP contribution in [-0.2, 0) is 20.3 Å². The number of hydrogen-bond acceptors (Lipinski definition) is 4. The molecular formula is C17H18ClN5O2. The van der Waals surface area contributed by atoms with Crippen LogP contribution in [0.15, 0.2) is 42.7 Å². The van der Waals surface area contributed by atoms with Crippen molar-refractivity contribution in [2.24, 2.45) is 7.05 Å². The van der Waals surface area contributed by atoms with Crippen LogP contribution in [0.3, 0.4) is 0 Å². The van der Waals surface area contributed by atoms with E-state index in [0.29, 0.717) is 23.0 Å². The molecule has 3 rings (SSSR count).